The van der Waals surface area contributed by atoms with E-state index < -0.39 is 0 Å². The van der Waals surface area contributed by atoms with Crippen LogP contribution in [0.2, 0.25) is 0 Å². The van der Waals surface area contributed by atoms with Gasteiger partial charge in [-0.2, -0.15) is 0 Å². The molecule has 2 aliphatic rings. The number of hydrogen-bond donors (Lipinski definition) is 1. The second-order valence-electron chi connectivity index (χ2n) is 8.26. The highest BCUT2D eigenvalue weighted by atomic mass is 16.2. The standard InChI is InChI=1S/C24H31N3O2/c28-23-7-3-14-26(23)15-4-16-27-22(10-11-24(27)29)12-13-25-18-19-8-9-20-5-1-2-6-21(20)17-19/h1-2,5-6,8-9,17,22,25H,3-4,7,10-16,18H2/t22-/m0/s1. The fourth-order valence-electron chi connectivity index (χ4n) is 4.62. The van der Waals surface area contributed by atoms with Crippen molar-refractivity contribution in [3.63, 3.8) is 0 Å². The van der Waals surface area contributed by atoms with Crippen molar-refractivity contribution in [2.45, 2.75) is 51.1 Å². The average Bonchev–Trinajstić information content (AvgIpc) is 3.31. The van der Waals surface area contributed by atoms with E-state index in [0.29, 0.717) is 18.9 Å². The third-order valence-corrected chi connectivity index (χ3v) is 6.25. The minimum Gasteiger partial charge on any atom is -0.343 e. The molecule has 0 spiro atoms. The average molecular weight is 394 g/mol. The molecule has 0 radical (unpaired) electrons. The van der Waals surface area contributed by atoms with E-state index in [1.807, 2.05) is 4.90 Å². The Hall–Kier alpha value is -2.40. The zero-order valence-corrected chi connectivity index (χ0v) is 17.1. The number of benzene rings is 2. The maximum absolute atomic E-state index is 12.3. The second kappa shape index (κ2) is 9.40. The van der Waals surface area contributed by atoms with Crippen LogP contribution < -0.4 is 5.32 Å². The first-order valence-electron chi connectivity index (χ1n) is 11.0. The zero-order valence-electron chi connectivity index (χ0n) is 17.1. The molecule has 5 heteroatoms. The lowest BCUT2D eigenvalue weighted by Gasteiger charge is -2.26. The van der Waals surface area contributed by atoms with Crippen LogP contribution in [0.1, 0.15) is 44.1 Å². The Kier molecular flexibility index (Phi) is 6.45. The fraction of sp³-hybridized carbons (Fsp3) is 0.500. The van der Waals surface area contributed by atoms with Gasteiger partial charge in [0.2, 0.25) is 11.8 Å². The molecule has 2 aromatic rings. The van der Waals surface area contributed by atoms with Crippen molar-refractivity contribution >= 4 is 22.6 Å². The van der Waals surface area contributed by atoms with Gasteiger partial charge in [-0.15, -0.1) is 0 Å². The lowest BCUT2D eigenvalue weighted by atomic mass is 10.1. The highest BCUT2D eigenvalue weighted by Gasteiger charge is 2.30. The third kappa shape index (κ3) is 4.96. The summed E-state index contributed by atoms with van der Waals surface area (Å²) in [6.45, 7) is 4.21. The molecule has 2 fully saturated rings. The summed E-state index contributed by atoms with van der Waals surface area (Å²) in [5, 5.41) is 6.09. The summed E-state index contributed by atoms with van der Waals surface area (Å²) >= 11 is 0. The molecule has 29 heavy (non-hydrogen) atoms. The van der Waals surface area contributed by atoms with Gasteiger partial charge < -0.3 is 15.1 Å². The van der Waals surface area contributed by atoms with Gasteiger partial charge in [0.1, 0.15) is 0 Å². The van der Waals surface area contributed by atoms with E-state index in [-0.39, 0.29) is 11.8 Å². The van der Waals surface area contributed by atoms with Crippen molar-refractivity contribution in [1.82, 2.24) is 15.1 Å². The lowest BCUT2D eigenvalue weighted by Crippen LogP contribution is -2.37. The number of amides is 2. The van der Waals surface area contributed by atoms with Crippen LogP contribution in [0.3, 0.4) is 0 Å². The summed E-state index contributed by atoms with van der Waals surface area (Å²) in [6, 6.07) is 15.4. The largest absolute Gasteiger partial charge is 0.343 e. The van der Waals surface area contributed by atoms with Crippen LogP contribution in [0.5, 0.6) is 0 Å². The van der Waals surface area contributed by atoms with Crippen LogP contribution >= 0.6 is 0 Å². The van der Waals surface area contributed by atoms with Crippen LogP contribution in [0.15, 0.2) is 42.5 Å². The maximum Gasteiger partial charge on any atom is 0.222 e. The summed E-state index contributed by atoms with van der Waals surface area (Å²) in [5.74, 6) is 0.546. The summed E-state index contributed by atoms with van der Waals surface area (Å²) in [7, 11) is 0. The molecule has 154 valence electrons. The van der Waals surface area contributed by atoms with Crippen molar-refractivity contribution < 1.29 is 9.59 Å². The first-order chi connectivity index (χ1) is 14.2. The lowest BCUT2D eigenvalue weighted by molar-refractivity contribution is -0.129. The first kappa shape index (κ1) is 19.9. The van der Waals surface area contributed by atoms with Gasteiger partial charge in [0, 0.05) is 45.1 Å². The molecular weight excluding hydrogens is 362 g/mol. The van der Waals surface area contributed by atoms with Gasteiger partial charge in [-0.1, -0.05) is 36.4 Å². The van der Waals surface area contributed by atoms with Gasteiger partial charge >= 0.3 is 0 Å². The molecule has 1 N–H and O–H groups in total. The molecule has 0 aliphatic carbocycles. The quantitative estimate of drug-likeness (QED) is 0.665. The van der Waals surface area contributed by atoms with Gasteiger partial charge in [0.05, 0.1) is 0 Å². The monoisotopic (exact) mass is 393 g/mol. The minimum absolute atomic E-state index is 0.271. The molecule has 2 amide bonds. The molecule has 2 aliphatic heterocycles. The molecule has 5 nitrogen and oxygen atoms in total. The van der Waals surface area contributed by atoms with Crippen LogP contribution in [0.4, 0.5) is 0 Å². The summed E-state index contributed by atoms with van der Waals surface area (Å²) in [4.78, 5) is 28.0. The van der Waals surface area contributed by atoms with E-state index in [1.54, 1.807) is 0 Å². The van der Waals surface area contributed by atoms with Crippen molar-refractivity contribution in [1.29, 1.82) is 0 Å². The smallest absolute Gasteiger partial charge is 0.222 e. The molecule has 2 aromatic carbocycles. The highest BCUT2D eigenvalue weighted by molar-refractivity contribution is 5.83. The van der Waals surface area contributed by atoms with E-state index in [1.165, 1.54) is 16.3 Å². The fourth-order valence-corrected chi connectivity index (χ4v) is 4.62. The summed E-state index contributed by atoms with van der Waals surface area (Å²) < 4.78 is 0. The normalized spacial score (nSPS) is 19.7. The summed E-state index contributed by atoms with van der Waals surface area (Å²) in [5.41, 5.74) is 1.29. The predicted octanol–water partition coefficient (Wildman–Crippen LogP) is 3.32. The van der Waals surface area contributed by atoms with Gasteiger partial charge in [-0.25, -0.2) is 0 Å². The maximum atomic E-state index is 12.3. The minimum atomic E-state index is 0.271. The Morgan fingerprint density at radius 3 is 2.66 bits per heavy atom. The summed E-state index contributed by atoms with van der Waals surface area (Å²) in [6.07, 6.45) is 5.17. The molecule has 2 saturated heterocycles. The zero-order chi connectivity index (χ0) is 20.1. The topological polar surface area (TPSA) is 52.7 Å². The number of nitrogens with zero attached hydrogens (tertiary/aromatic N) is 2. The molecule has 2 heterocycles. The Morgan fingerprint density at radius 1 is 0.966 bits per heavy atom. The van der Waals surface area contributed by atoms with Gasteiger partial charge in [-0.05, 0) is 54.6 Å². The molecule has 0 aromatic heterocycles. The van der Waals surface area contributed by atoms with E-state index in [0.717, 1.165) is 58.4 Å². The first-order valence-corrected chi connectivity index (χ1v) is 11.0. The number of fused-ring (bicyclic) bond motifs is 1. The molecule has 0 saturated carbocycles. The van der Waals surface area contributed by atoms with Crippen molar-refractivity contribution in [2.75, 3.05) is 26.2 Å². The second-order valence-corrected chi connectivity index (χ2v) is 8.26. The van der Waals surface area contributed by atoms with E-state index in [2.05, 4.69) is 52.7 Å². The highest BCUT2D eigenvalue weighted by Crippen LogP contribution is 2.22. The number of carbonyl (C=O) groups is 2. The SMILES string of the molecule is O=C1CCCN1CCCN1C(=O)CC[C@H]1CCNCc1ccc2ccccc2c1. The number of nitrogens with one attached hydrogen (secondary N) is 1. The Labute approximate surface area is 173 Å². The van der Waals surface area contributed by atoms with Gasteiger partial charge in [0.15, 0.2) is 0 Å². The number of carbonyl (C=O) groups excluding carboxylic acids is 2. The van der Waals surface area contributed by atoms with Crippen molar-refractivity contribution in [3.8, 4) is 0 Å². The Bertz CT molecular complexity index is 866. The Balaban J connectivity index is 1.20. The number of hydrogen-bond acceptors (Lipinski definition) is 3. The molecule has 0 unspecified atom stereocenters. The predicted molar refractivity (Wildman–Crippen MR) is 115 cm³/mol. The van der Waals surface area contributed by atoms with Gasteiger partial charge in [-0.3, -0.25) is 9.59 Å². The Morgan fingerprint density at radius 2 is 1.83 bits per heavy atom. The molecular formula is C24H31N3O2. The van der Waals surface area contributed by atoms with E-state index >= 15 is 0 Å². The van der Waals surface area contributed by atoms with E-state index in [9.17, 15) is 9.59 Å². The van der Waals surface area contributed by atoms with Crippen LogP contribution in [0.25, 0.3) is 10.8 Å². The number of rotatable bonds is 9. The van der Waals surface area contributed by atoms with Crippen LogP contribution in [0, 0.1) is 0 Å². The molecule has 1 atom stereocenters. The third-order valence-electron chi connectivity index (χ3n) is 6.25. The molecule has 0 bridgehead atoms. The van der Waals surface area contributed by atoms with Crippen LogP contribution in [-0.2, 0) is 16.1 Å². The van der Waals surface area contributed by atoms with Crippen molar-refractivity contribution in [3.05, 3.63) is 48.0 Å². The number of likely N-dealkylation sites (tertiary alicyclic amines) is 2. The van der Waals surface area contributed by atoms with Gasteiger partial charge in [0.25, 0.3) is 0 Å². The van der Waals surface area contributed by atoms with E-state index in [4.69, 9.17) is 0 Å². The molecule has 4 rings (SSSR count). The van der Waals surface area contributed by atoms with Crippen LogP contribution in [-0.4, -0.2) is 53.8 Å². The van der Waals surface area contributed by atoms with Crippen molar-refractivity contribution in [2.24, 2.45) is 0 Å².